The Morgan fingerprint density at radius 1 is 1.04 bits per heavy atom. The second-order valence-electron chi connectivity index (χ2n) is 12.8. The SMILES string of the molecule is CC(=O)NCCSC(=S)SC1C(C(C)O[Si](c2ccccc2)(c2ccccc2)C(C)(C)C)C(=O)N1C(O)C(=O)OCc1ccc([N+](=O)[O-])cc1. The maximum Gasteiger partial charge on any atom is 0.356 e. The fraction of sp³-hybridized carbons (Fsp3) is 0.371. The van der Waals surface area contributed by atoms with Gasteiger partial charge in [-0.25, -0.2) is 4.79 Å². The largest absolute Gasteiger partial charge is 0.457 e. The molecule has 0 saturated carbocycles. The maximum atomic E-state index is 14.0. The van der Waals surface area contributed by atoms with Crippen molar-refractivity contribution in [2.45, 2.75) is 64.0 Å². The molecule has 0 radical (unpaired) electrons. The van der Waals surface area contributed by atoms with Gasteiger partial charge < -0.3 is 19.6 Å². The topological polar surface area (TPSA) is 148 Å². The van der Waals surface area contributed by atoms with Gasteiger partial charge in [-0.2, -0.15) is 0 Å². The molecule has 4 unspecified atom stereocenters. The Hall–Kier alpha value is -3.60. The number of β-lactam (4-membered cyclic amide) rings is 1. The van der Waals surface area contributed by atoms with Crippen molar-refractivity contribution in [3.63, 3.8) is 0 Å². The van der Waals surface area contributed by atoms with E-state index in [9.17, 15) is 29.6 Å². The van der Waals surface area contributed by atoms with Crippen LogP contribution in [-0.4, -0.2) is 74.6 Å². The quantitative estimate of drug-likeness (QED) is 0.0453. The number of ether oxygens (including phenoxy) is 1. The van der Waals surface area contributed by atoms with E-state index >= 15 is 0 Å². The highest BCUT2D eigenvalue weighted by Gasteiger charge is 2.59. The first kappa shape index (κ1) is 39.2. The number of non-ortho nitro benzene ring substituents is 1. The Morgan fingerprint density at radius 2 is 1.60 bits per heavy atom. The van der Waals surface area contributed by atoms with Gasteiger partial charge in [-0.15, -0.1) is 11.8 Å². The molecular formula is C35H41N3O8S3Si. The zero-order valence-electron chi connectivity index (χ0n) is 28.4. The molecule has 50 heavy (non-hydrogen) atoms. The van der Waals surface area contributed by atoms with Crippen molar-refractivity contribution in [3.05, 3.63) is 101 Å². The number of aliphatic hydroxyl groups is 1. The van der Waals surface area contributed by atoms with Crippen LogP contribution in [-0.2, 0) is 30.2 Å². The summed E-state index contributed by atoms with van der Waals surface area (Å²) in [5.41, 5.74) is 0.358. The molecule has 0 aromatic heterocycles. The van der Waals surface area contributed by atoms with E-state index in [0.717, 1.165) is 15.3 Å². The Morgan fingerprint density at radius 3 is 2.10 bits per heavy atom. The van der Waals surface area contributed by atoms with Gasteiger partial charge in [0.2, 0.25) is 18.0 Å². The molecule has 0 spiro atoms. The first-order valence-corrected chi connectivity index (χ1v) is 20.1. The molecule has 0 aliphatic carbocycles. The van der Waals surface area contributed by atoms with E-state index in [4.69, 9.17) is 21.4 Å². The number of hydrogen-bond donors (Lipinski definition) is 2. The lowest BCUT2D eigenvalue weighted by molar-refractivity contribution is -0.384. The molecule has 1 heterocycles. The van der Waals surface area contributed by atoms with Crippen LogP contribution in [0, 0.1) is 16.0 Å². The van der Waals surface area contributed by atoms with E-state index in [1.54, 1.807) is 0 Å². The molecule has 3 aromatic carbocycles. The van der Waals surface area contributed by atoms with Crippen LogP contribution in [0.1, 0.15) is 40.2 Å². The summed E-state index contributed by atoms with van der Waals surface area (Å²) in [6, 6.07) is 25.5. The number of aliphatic hydroxyl groups excluding tert-OH is 1. The fourth-order valence-electron chi connectivity index (χ4n) is 5.93. The highest BCUT2D eigenvalue weighted by molar-refractivity contribution is 8.47. The number of carbonyl (C=O) groups is 3. The molecule has 15 heteroatoms. The number of thioether (sulfide) groups is 2. The minimum Gasteiger partial charge on any atom is -0.457 e. The van der Waals surface area contributed by atoms with Crippen LogP contribution in [0.15, 0.2) is 84.9 Å². The van der Waals surface area contributed by atoms with Crippen LogP contribution < -0.4 is 15.7 Å². The third kappa shape index (κ3) is 9.00. The van der Waals surface area contributed by atoms with E-state index < -0.39 is 48.7 Å². The number of likely N-dealkylation sites (tertiary alicyclic amines) is 1. The van der Waals surface area contributed by atoms with Crippen LogP contribution in [0.5, 0.6) is 0 Å². The molecule has 1 aliphatic rings. The van der Waals surface area contributed by atoms with Crippen molar-refractivity contribution in [1.29, 1.82) is 0 Å². The van der Waals surface area contributed by atoms with Crippen LogP contribution in [0.4, 0.5) is 5.69 Å². The van der Waals surface area contributed by atoms with Crippen LogP contribution in [0.3, 0.4) is 0 Å². The van der Waals surface area contributed by atoms with Crippen molar-refractivity contribution in [2.24, 2.45) is 5.92 Å². The number of nitro benzene ring substituents is 1. The van der Waals surface area contributed by atoms with Gasteiger partial charge in [0, 0.05) is 31.4 Å². The van der Waals surface area contributed by atoms with Crippen LogP contribution in [0.2, 0.25) is 5.04 Å². The summed E-state index contributed by atoms with van der Waals surface area (Å²) in [6.45, 7) is 9.81. The number of nitro groups is 1. The van der Waals surface area contributed by atoms with Crippen molar-refractivity contribution < 1.29 is 33.6 Å². The van der Waals surface area contributed by atoms with Crippen molar-refractivity contribution in [2.75, 3.05) is 12.3 Å². The van der Waals surface area contributed by atoms with Gasteiger partial charge in [0.1, 0.15) is 15.5 Å². The molecule has 3 aromatic rings. The van der Waals surface area contributed by atoms with Crippen molar-refractivity contribution in [1.82, 2.24) is 10.2 Å². The van der Waals surface area contributed by atoms with E-state index in [-0.39, 0.29) is 23.2 Å². The number of carbonyl (C=O) groups excluding carboxylic acids is 3. The molecule has 11 nitrogen and oxygen atoms in total. The molecule has 0 bridgehead atoms. The number of rotatable bonds is 14. The predicted molar refractivity (Wildman–Crippen MR) is 203 cm³/mol. The van der Waals surface area contributed by atoms with E-state index in [1.807, 2.05) is 43.3 Å². The molecule has 1 saturated heterocycles. The number of nitrogens with one attached hydrogen (secondary N) is 1. The number of nitrogens with zero attached hydrogens (tertiary/aromatic N) is 2. The average Bonchev–Trinajstić information content (AvgIpc) is 3.08. The standard InChI is InChI=1S/C35H41N3O8S3Si/c1-23(46-50(35(3,4)5,27-12-8-6-9-13-27)28-14-10-7-11-15-28)29-30(40)37(32(29)49-34(47)48-21-20-36-24(2)39)31(41)33(42)45-22-25-16-18-26(19-17-25)38(43)44/h6-19,23,29,31-32,41H,20-22H2,1-5H3,(H,36,39). The Balaban J connectivity index is 1.61. The van der Waals surface area contributed by atoms with Gasteiger partial charge >= 0.3 is 5.97 Å². The van der Waals surface area contributed by atoms with E-state index in [2.05, 4.69) is 50.4 Å². The Bertz CT molecular complexity index is 1640. The molecule has 2 amide bonds. The summed E-state index contributed by atoms with van der Waals surface area (Å²) in [5.74, 6) is -1.98. The summed E-state index contributed by atoms with van der Waals surface area (Å²) in [5, 5.41) is 25.8. The van der Waals surface area contributed by atoms with Crippen LogP contribution in [0.25, 0.3) is 0 Å². The number of esters is 1. The molecule has 266 valence electrons. The average molecular weight is 756 g/mol. The molecule has 4 rings (SSSR count). The summed E-state index contributed by atoms with van der Waals surface area (Å²) in [4.78, 5) is 49.9. The molecule has 1 fully saturated rings. The van der Waals surface area contributed by atoms with Gasteiger partial charge in [0.15, 0.2) is 0 Å². The van der Waals surface area contributed by atoms with Gasteiger partial charge in [-0.3, -0.25) is 24.6 Å². The summed E-state index contributed by atoms with van der Waals surface area (Å²) < 4.78 is 13.0. The zero-order chi connectivity index (χ0) is 36.6. The lowest BCUT2D eigenvalue weighted by Crippen LogP contribution is -2.72. The summed E-state index contributed by atoms with van der Waals surface area (Å²) >= 11 is 8.15. The lowest BCUT2D eigenvalue weighted by atomic mass is 9.92. The Labute approximate surface area is 306 Å². The number of hydrogen-bond acceptors (Lipinski definition) is 11. The number of thiocarbonyl (C=S) groups is 1. The lowest BCUT2D eigenvalue weighted by Gasteiger charge is -2.52. The van der Waals surface area contributed by atoms with Gasteiger partial charge in [0.05, 0.1) is 16.9 Å². The van der Waals surface area contributed by atoms with E-state index in [1.165, 1.54) is 54.7 Å². The van der Waals surface area contributed by atoms with Gasteiger partial charge in [0.25, 0.3) is 14.0 Å². The monoisotopic (exact) mass is 755 g/mol. The Kier molecular flexibility index (Phi) is 13.4. The molecule has 4 atom stereocenters. The highest BCUT2D eigenvalue weighted by atomic mass is 32.2. The van der Waals surface area contributed by atoms with Gasteiger partial charge in [-0.1, -0.05) is 105 Å². The third-order valence-electron chi connectivity index (χ3n) is 8.32. The van der Waals surface area contributed by atoms with Crippen molar-refractivity contribution >= 4 is 81.4 Å². The van der Waals surface area contributed by atoms with Gasteiger partial charge in [-0.05, 0) is 40.0 Å². The fourth-order valence-corrected chi connectivity index (χ4v) is 13.4. The smallest absolute Gasteiger partial charge is 0.356 e. The molecule has 1 aliphatic heterocycles. The van der Waals surface area contributed by atoms with Crippen LogP contribution >= 0.6 is 35.7 Å². The molecule has 2 N–H and O–H groups in total. The first-order valence-electron chi connectivity index (χ1n) is 15.9. The second-order valence-corrected chi connectivity index (χ2v) is 20.4. The minimum atomic E-state index is -3.08. The number of amides is 2. The summed E-state index contributed by atoms with van der Waals surface area (Å²) in [6.07, 6.45) is -2.58. The first-order chi connectivity index (χ1) is 23.7. The van der Waals surface area contributed by atoms with E-state index in [0.29, 0.717) is 21.4 Å². The van der Waals surface area contributed by atoms with Crippen molar-refractivity contribution in [3.8, 4) is 0 Å². The zero-order valence-corrected chi connectivity index (χ0v) is 31.9. The second kappa shape index (κ2) is 17.1. The highest BCUT2D eigenvalue weighted by Crippen LogP contribution is 2.45. The predicted octanol–water partition coefficient (Wildman–Crippen LogP) is 4.59. The maximum absolute atomic E-state index is 14.0. The minimum absolute atomic E-state index is 0.113. The third-order valence-corrected chi connectivity index (χ3v) is 16.3. The normalized spacial score (nSPS) is 17.3. The number of benzene rings is 3. The summed E-state index contributed by atoms with van der Waals surface area (Å²) in [7, 11) is -3.08. The molecular weight excluding hydrogens is 715 g/mol.